The molecule has 0 aromatic heterocycles. The number of amides is 2. The largest absolute Gasteiger partial charge is 0.480 e. The number of carboxylic acid groups (broad SMARTS) is 1. The number of benzene rings is 1. The van der Waals surface area contributed by atoms with E-state index in [-0.39, 0.29) is 12.1 Å². The van der Waals surface area contributed by atoms with Crippen molar-refractivity contribution >= 4 is 12.0 Å². The van der Waals surface area contributed by atoms with Gasteiger partial charge in [-0.25, -0.2) is 9.59 Å². The maximum atomic E-state index is 11.9. The Bertz CT molecular complexity index is 470. The van der Waals surface area contributed by atoms with Crippen LogP contribution in [0.25, 0.3) is 0 Å². The summed E-state index contributed by atoms with van der Waals surface area (Å²) in [5.41, 5.74) is -0.220. The normalized spacial score (nSPS) is 19.8. The summed E-state index contributed by atoms with van der Waals surface area (Å²) in [5, 5.41) is 12.0. The Kier molecular flexibility index (Phi) is 2.98. The van der Waals surface area contributed by atoms with Gasteiger partial charge in [0.05, 0.1) is 6.04 Å². The molecule has 5 heteroatoms. The summed E-state index contributed by atoms with van der Waals surface area (Å²) >= 11 is 0. The average molecular weight is 248 g/mol. The molecule has 0 radical (unpaired) electrons. The summed E-state index contributed by atoms with van der Waals surface area (Å²) in [5.74, 6) is -1.01. The summed E-state index contributed by atoms with van der Waals surface area (Å²) in [7, 11) is 0. The second-order valence-electron chi connectivity index (χ2n) is 4.89. The Labute approximate surface area is 105 Å². The predicted octanol–water partition coefficient (Wildman–Crippen LogP) is 1.62. The molecule has 1 aliphatic heterocycles. The summed E-state index contributed by atoms with van der Waals surface area (Å²) in [6, 6.07) is 9.04. The zero-order valence-electron chi connectivity index (χ0n) is 10.4. The van der Waals surface area contributed by atoms with Crippen molar-refractivity contribution in [3.8, 4) is 0 Å². The van der Waals surface area contributed by atoms with Crippen LogP contribution in [0.2, 0.25) is 0 Å². The quantitative estimate of drug-likeness (QED) is 0.854. The van der Waals surface area contributed by atoms with Gasteiger partial charge in [-0.1, -0.05) is 30.3 Å². The van der Waals surface area contributed by atoms with Gasteiger partial charge in [-0.05, 0) is 19.4 Å². The van der Waals surface area contributed by atoms with Crippen LogP contribution in [0.4, 0.5) is 4.79 Å². The minimum atomic E-state index is -1.20. The van der Waals surface area contributed by atoms with E-state index in [9.17, 15) is 9.59 Å². The van der Waals surface area contributed by atoms with Crippen LogP contribution >= 0.6 is 0 Å². The molecule has 2 amide bonds. The number of carbonyl (C=O) groups is 2. The predicted molar refractivity (Wildman–Crippen MR) is 66.1 cm³/mol. The number of aliphatic carboxylic acids is 1. The van der Waals surface area contributed by atoms with Crippen molar-refractivity contribution in [1.29, 1.82) is 0 Å². The highest BCUT2D eigenvalue weighted by Crippen LogP contribution is 2.26. The molecule has 2 N–H and O–H groups in total. The molecule has 1 saturated heterocycles. The standard InChI is InChI=1S/C13H16N2O3/c1-13(2,11(16)17)15-8-10(14-12(15)18)9-6-4-3-5-7-9/h3-7,10H,8H2,1-2H3,(H,14,18)(H,16,17). The monoisotopic (exact) mass is 248 g/mol. The Morgan fingerprint density at radius 1 is 1.39 bits per heavy atom. The molecule has 1 unspecified atom stereocenters. The van der Waals surface area contributed by atoms with Gasteiger partial charge in [-0.15, -0.1) is 0 Å². The smallest absolute Gasteiger partial charge is 0.329 e. The lowest BCUT2D eigenvalue weighted by atomic mass is 10.0. The highest BCUT2D eigenvalue weighted by atomic mass is 16.4. The highest BCUT2D eigenvalue weighted by Gasteiger charge is 2.43. The molecule has 1 aromatic rings. The lowest BCUT2D eigenvalue weighted by molar-refractivity contribution is -0.147. The minimum Gasteiger partial charge on any atom is -0.480 e. The third-order valence-electron chi connectivity index (χ3n) is 3.31. The van der Waals surface area contributed by atoms with Crippen LogP contribution in [-0.4, -0.2) is 34.1 Å². The van der Waals surface area contributed by atoms with E-state index in [1.54, 1.807) is 0 Å². The number of rotatable bonds is 3. The van der Waals surface area contributed by atoms with Crippen molar-refractivity contribution in [2.45, 2.75) is 25.4 Å². The van der Waals surface area contributed by atoms with Crippen LogP contribution in [0, 0.1) is 0 Å². The fraction of sp³-hybridized carbons (Fsp3) is 0.385. The van der Waals surface area contributed by atoms with E-state index in [0.29, 0.717) is 6.54 Å². The molecule has 18 heavy (non-hydrogen) atoms. The number of carboxylic acids is 1. The Balaban J connectivity index is 2.20. The van der Waals surface area contributed by atoms with Gasteiger partial charge in [0.1, 0.15) is 5.54 Å². The molecule has 0 saturated carbocycles. The second kappa shape index (κ2) is 4.33. The van der Waals surface area contributed by atoms with E-state index in [4.69, 9.17) is 5.11 Å². The molecule has 1 aromatic carbocycles. The van der Waals surface area contributed by atoms with Crippen LogP contribution in [0.15, 0.2) is 30.3 Å². The molecule has 1 atom stereocenters. The van der Waals surface area contributed by atoms with Crippen molar-refractivity contribution < 1.29 is 14.7 Å². The molecular weight excluding hydrogens is 232 g/mol. The fourth-order valence-corrected chi connectivity index (χ4v) is 2.01. The first kappa shape index (κ1) is 12.4. The first-order chi connectivity index (χ1) is 8.43. The number of nitrogens with one attached hydrogen (secondary N) is 1. The van der Waals surface area contributed by atoms with Crippen LogP contribution < -0.4 is 5.32 Å². The SMILES string of the molecule is CC(C)(C(=O)O)N1CC(c2ccccc2)NC1=O. The zero-order chi connectivity index (χ0) is 13.3. The summed E-state index contributed by atoms with van der Waals surface area (Å²) < 4.78 is 0. The molecule has 0 spiro atoms. The summed E-state index contributed by atoms with van der Waals surface area (Å²) in [4.78, 5) is 24.4. The lowest BCUT2D eigenvalue weighted by Crippen LogP contribution is -2.51. The lowest BCUT2D eigenvalue weighted by Gasteiger charge is -2.30. The van der Waals surface area contributed by atoms with Crippen LogP contribution in [0.5, 0.6) is 0 Å². The highest BCUT2D eigenvalue weighted by molar-refractivity contribution is 5.87. The van der Waals surface area contributed by atoms with Crippen molar-refractivity contribution in [2.75, 3.05) is 6.54 Å². The van der Waals surface area contributed by atoms with E-state index in [2.05, 4.69) is 5.32 Å². The third-order valence-corrected chi connectivity index (χ3v) is 3.31. The van der Waals surface area contributed by atoms with Gasteiger partial charge >= 0.3 is 12.0 Å². The molecular formula is C13H16N2O3. The second-order valence-corrected chi connectivity index (χ2v) is 4.89. The summed E-state index contributed by atoms with van der Waals surface area (Å²) in [6.07, 6.45) is 0. The van der Waals surface area contributed by atoms with Crippen molar-refractivity contribution in [3.05, 3.63) is 35.9 Å². The van der Waals surface area contributed by atoms with E-state index < -0.39 is 11.5 Å². The van der Waals surface area contributed by atoms with E-state index in [0.717, 1.165) is 5.56 Å². The van der Waals surface area contributed by atoms with Crippen molar-refractivity contribution in [3.63, 3.8) is 0 Å². The summed E-state index contributed by atoms with van der Waals surface area (Å²) in [6.45, 7) is 3.42. The van der Waals surface area contributed by atoms with Crippen molar-refractivity contribution in [1.82, 2.24) is 10.2 Å². The maximum absolute atomic E-state index is 11.9. The molecule has 5 nitrogen and oxygen atoms in total. The van der Waals surface area contributed by atoms with Gasteiger partial charge < -0.3 is 15.3 Å². The Morgan fingerprint density at radius 3 is 2.56 bits per heavy atom. The van der Waals surface area contributed by atoms with Crippen molar-refractivity contribution in [2.24, 2.45) is 0 Å². The third kappa shape index (κ3) is 2.03. The van der Waals surface area contributed by atoms with Gasteiger partial charge in [-0.2, -0.15) is 0 Å². The molecule has 1 aliphatic rings. The fourth-order valence-electron chi connectivity index (χ4n) is 2.01. The van der Waals surface area contributed by atoms with Gasteiger partial charge in [0.15, 0.2) is 0 Å². The van der Waals surface area contributed by atoms with Gasteiger partial charge in [0, 0.05) is 6.54 Å². The molecule has 1 heterocycles. The van der Waals surface area contributed by atoms with E-state index in [1.165, 1.54) is 18.7 Å². The number of hydrogen-bond acceptors (Lipinski definition) is 2. The maximum Gasteiger partial charge on any atom is 0.329 e. The average Bonchev–Trinajstić information content (AvgIpc) is 2.73. The van der Waals surface area contributed by atoms with Gasteiger partial charge in [0.25, 0.3) is 0 Å². The Hall–Kier alpha value is -2.04. The topological polar surface area (TPSA) is 69.6 Å². The molecule has 0 bridgehead atoms. The first-order valence-corrected chi connectivity index (χ1v) is 5.79. The first-order valence-electron chi connectivity index (χ1n) is 5.79. The minimum absolute atomic E-state index is 0.155. The van der Waals surface area contributed by atoms with E-state index in [1.807, 2.05) is 30.3 Å². The molecule has 96 valence electrons. The molecule has 2 rings (SSSR count). The van der Waals surface area contributed by atoms with Crippen LogP contribution in [-0.2, 0) is 4.79 Å². The number of carbonyl (C=O) groups excluding carboxylic acids is 1. The number of urea groups is 1. The van der Waals surface area contributed by atoms with Crippen LogP contribution in [0.1, 0.15) is 25.5 Å². The number of hydrogen-bond donors (Lipinski definition) is 2. The molecule has 0 aliphatic carbocycles. The van der Waals surface area contributed by atoms with Gasteiger partial charge in [-0.3, -0.25) is 0 Å². The van der Waals surface area contributed by atoms with Gasteiger partial charge in [0.2, 0.25) is 0 Å². The molecule has 1 fully saturated rings. The zero-order valence-corrected chi connectivity index (χ0v) is 10.4. The van der Waals surface area contributed by atoms with Crippen LogP contribution in [0.3, 0.4) is 0 Å². The number of nitrogens with zero attached hydrogens (tertiary/aromatic N) is 1. The Morgan fingerprint density at radius 2 is 2.00 bits per heavy atom. The van der Waals surface area contributed by atoms with E-state index >= 15 is 0 Å².